The van der Waals surface area contributed by atoms with Gasteiger partial charge in [-0.2, -0.15) is 52.7 Å². The standard InChI is InChI=1S/C25H17ClF13NO2/c1-40(11-22(28,29)30)21(42)7-6-20(41)14-4-2-13(9-16(14)24(34,35)36)19(27)10-15(23(31,32)33)12-3-5-18(26)17(8-12)25(37,38)39/h2-5,8-10,15H,6-7,11H2,1H3/b19-10-. The molecule has 1 amide bonds. The van der Waals surface area contributed by atoms with Gasteiger partial charge in [-0.3, -0.25) is 9.59 Å². The molecule has 17 heteroatoms. The van der Waals surface area contributed by atoms with Crippen LogP contribution in [0.2, 0.25) is 5.02 Å². The lowest BCUT2D eigenvalue weighted by Crippen LogP contribution is -2.35. The highest BCUT2D eigenvalue weighted by atomic mass is 35.5. The van der Waals surface area contributed by atoms with Crippen LogP contribution in [-0.4, -0.2) is 42.5 Å². The van der Waals surface area contributed by atoms with Gasteiger partial charge in [-0.1, -0.05) is 29.8 Å². The molecule has 0 bridgehead atoms. The van der Waals surface area contributed by atoms with Crippen molar-refractivity contribution in [1.82, 2.24) is 4.90 Å². The van der Waals surface area contributed by atoms with Gasteiger partial charge in [0.25, 0.3) is 0 Å². The van der Waals surface area contributed by atoms with Gasteiger partial charge in [-0.05, 0) is 29.8 Å². The van der Waals surface area contributed by atoms with Crippen LogP contribution in [0.15, 0.2) is 42.5 Å². The Bertz CT molecular complexity index is 1340. The number of hydrogen-bond donors (Lipinski definition) is 0. The normalized spacial score (nSPS) is 14.1. The highest BCUT2D eigenvalue weighted by molar-refractivity contribution is 6.31. The predicted octanol–water partition coefficient (Wildman–Crippen LogP) is 9.02. The van der Waals surface area contributed by atoms with Crippen molar-refractivity contribution in [1.29, 1.82) is 0 Å². The number of ketones is 1. The van der Waals surface area contributed by atoms with E-state index in [9.17, 15) is 66.7 Å². The fourth-order valence-corrected chi connectivity index (χ4v) is 3.87. The number of carbonyl (C=O) groups is 2. The Morgan fingerprint density at radius 1 is 0.833 bits per heavy atom. The molecule has 0 radical (unpaired) electrons. The Balaban J connectivity index is 2.46. The van der Waals surface area contributed by atoms with Crippen LogP contribution in [0, 0.1) is 0 Å². The van der Waals surface area contributed by atoms with Gasteiger partial charge in [-0.25, -0.2) is 4.39 Å². The average Bonchev–Trinajstić information content (AvgIpc) is 2.82. The van der Waals surface area contributed by atoms with Gasteiger partial charge in [0.1, 0.15) is 18.3 Å². The molecule has 1 atom stereocenters. The van der Waals surface area contributed by atoms with E-state index in [1.165, 1.54) is 0 Å². The lowest BCUT2D eigenvalue weighted by Gasteiger charge is -2.20. The second-order valence-corrected chi connectivity index (χ2v) is 9.22. The van der Waals surface area contributed by atoms with Gasteiger partial charge in [0, 0.05) is 31.0 Å². The lowest BCUT2D eigenvalue weighted by atomic mass is 9.93. The maximum atomic E-state index is 14.9. The minimum absolute atomic E-state index is 0.0145. The molecule has 0 saturated carbocycles. The zero-order valence-corrected chi connectivity index (χ0v) is 21.6. The third-order valence-corrected chi connectivity index (χ3v) is 5.96. The Labute approximate surface area is 233 Å². The van der Waals surface area contributed by atoms with E-state index in [0.29, 0.717) is 24.3 Å². The van der Waals surface area contributed by atoms with Crippen LogP contribution >= 0.6 is 11.6 Å². The molecule has 0 aromatic heterocycles. The van der Waals surface area contributed by atoms with Crippen molar-refractivity contribution in [2.45, 2.75) is 43.5 Å². The van der Waals surface area contributed by atoms with Crippen molar-refractivity contribution in [2.75, 3.05) is 13.6 Å². The van der Waals surface area contributed by atoms with E-state index >= 15 is 0 Å². The first kappa shape index (κ1) is 34.9. The SMILES string of the molecule is CN(CC(F)(F)F)C(=O)CCC(=O)c1ccc(/C(F)=C/C(c2ccc(Cl)c(C(F)(F)F)c2)C(F)(F)F)cc1C(F)(F)F. The van der Waals surface area contributed by atoms with Crippen LogP contribution < -0.4 is 0 Å². The van der Waals surface area contributed by atoms with Crippen LogP contribution in [-0.2, 0) is 17.1 Å². The first-order valence-corrected chi connectivity index (χ1v) is 11.7. The number of alkyl halides is 12. The number of nitrogens with zero attached hydrogens (tertiary/aromatic N) is 1. The molecule has 0 N–H and O–H groups in total. The van der Waals surface area contributed by atoms with Crippen LogP contribution in [0.4, 0.5) is 57.1 Å². The second kappa shape index (κ2) is 12.5. The lowest BCUT2D eigenvalue weighted by molar-refractivity contribution is -0.158. The largest absolute Gasteiger partial charge is 0.417 e. The van der Waals surface area contributed by atoms with E-state index in [0.717, 1.165) is 7.05 Å². The van der Waals surface area contributed by atoms with Crippen LogP contribution in [0.5, 0.6) is 0 Å². The summed E-state index contributed by atoms with van der Waals surface area (Å²) in [4.78, 5) is 24.4. The minimum Gasteiger partial charge on any atom is -0.337 e. The second-order valence-electron chi connectivity index (χ2n) is 8.82. The molecule has 2 aromatic carbocycles. The summed E-state index contributed by atoms with van der Waals surface area (Å²) in [5.74, 6) is -7.62. The van der Waals surface area contributed by atoms with E-state index in [1.54, 1.807) is 0 Å². The molecular weight excluding hydrogens is 629 g/mol. The molecule has 2 aromatic rings. The van der Waals surface area contributed by atoms with Crippen LogP contribution in [0.1, 0.15) is 51.4 Å². The van der Waals surface area contributed by atoms with Crippen molar-refractivity contribution >= 4 is 29.1 Å². The molecule has 0 heterocycles. The molecule has 0 aliphatic carbocycles. The fraction of sp³-hybridized carbons (Fsp3) is 0.360. The maximum absolute atomic E-state index is 14.9. The summed E-state index contributed by atoms with van der Waals surface area (Å²) < 4.78 is 174. The summed E-state index contributed by atoms with van der Waals surface area (Å²) in [5, 5.41) is -0.958. The number of benzene rings is 2. The third kappa shape index (κ3) is 9.36. The van der Waals surface area contributed by atoms with E-state index in [2.05, 4.69) is 0 Å². The van der Waals surface area contributed by atoms with E-state index in [4.69, 9.17) is 11.6 Å². The van der Waals surface area contributed by atoms with Gasteiger partial charge in [-0.15, -0.1) is 0 Å². The fourth-order valence-electron chi connectivity index (χ4n) is 3.65. The highest BCUT2D eigenvalue weighted by Gasteiger charge is 2.42. The van der Waals surface area contributed by atoms with Crippen molar-refractivity contribution in [3.05, 3.63) is 75.3 Å². The number of Topliss-reactive ketones (excluding diaryl/α,β-unsaturated/α-hetero) is 1. The average molecular weight is 646 g/mol. The number of allylic oxidation sites excluding steroid dienone is 1. The Morgan fingerprint density at radius 3 is 1.90 bits per heavy atom. The molecule has 0 saturated heterocycles. The van der Waals surface area contributed by atoms with Crippen LogP contribution in [0.25, 0.3) is 5.83 Å². The molecule has 0 aliphatic rings. The van der Waals surface area contributed by atoms with Gasteiger partial charge in [0.05, 0.1) is 16.1 Å². The molecule has 1 unspecified atom stereocenters. The van der Waals surface area contributed by atoms with Crippen molar-refractivity contribution in [3.8, 4) is 0 Å². The van der Waals surface area contributed by atoms with Crippen molar-refractivity contribution in [2.24, 2.45) is 0 Å². The first-order chi connectivity index (χ1) is 18.9. The van der Waals surface area contributed by atoms with Gasteiger partial charge in [0.15, 0.2) is 5.78 Å². The van der Waals surface area contributed by atoms with E-state index in [-0.39, 0.29) is 23.1 Å². The summed E-state index contributed by atoms with van der Waals surface area (Å²) >= 11 is 5.39. The molecule has 0 aliphatic heterocycles. The zero-order chi connectivity index (χ0) is 32.4. The van der Waals surface area contributed by atoms with Crippen LogP contribution in [0.3, 0.4) is 0 Å². The Kier molecular flexibility index (Phi) is 10.4. The summed E-state index contributed by atoms with van der Waals surface area (Å²) in [6.45, 7) is -1.69. The summed E-state index contributed by atoms with van der Waals surface area (Å²) in [7, 11) is 0.744. The number of hydrogen-bond acceptors (Lipinski definition) is 2. The Hall–Kier alpha value is -3.30. The Morgan fingerprint density at radius 2 is 1.40 bits per heavy atom. The molecule has 0 spiro atoms. The highest BCUT2D eigenvalue weighted by Crippen LogP contribution is 2.43. The quantitative estimate of drug-likeness (QED) is 0.212. The molecule has 0 fully saturated rings. The molecular formula is C25H17ClF13NO2. The van der Waals surface area contributed by atoms with Gasteiger partial charge >= 0.3 is 24.7 Å². The van der Waals surface area contributed by atoms with Crippen molar-refractivity contribution < 1.29 is 66.7 Å². The molecule has 2 rings (SSSR count). The number of halogens is 14. The van der Waals surface area contributed by atoms with Gasteiger partial charge in [0.2, 0.25) is 5.91 Å². The topological polar surface area (TPSA) is 37.4 Å². The van der Waals surface area contributed by atoms with E-state index in [1.807, 2.05) is 0 Å². The first-order valence-electron chi connectivity index (χ1n) is 11.3. The minimum atomic E-state index is -5.41. The summed E-state index contributed by atoms with van der Waals surface area (Å²) in [6, 6.07) is 1.88. The molecule has 232 valence electrons. The van der Waals surface area contributed by atoms with Crippen molar-refractivity contribution in [3.63, 3.8) is 0 Å². The summed E-state index contributed by atoms with van der Waals surface area (Å²) in [5.41, 5.74) is -6.91. The van der Waals surface area contributed by atoms with E-state index < -0.39 is 100 Å². The maximum Gasteiger partial charge on any atom is 0.417 e. The smallest absolute Gasteiger partial charge is 0.337 e. The predicted molar refractivity (Wildman–Crippen MR) is 123 cm³/mol. The third-order valence-electron chi connectivity index (χ3n) is 5.63. The number of carbonyl (C=O) groups excluding carboxylic acids is 2. The van der Waals surface area contributed by atoms with Gasteiger partial charge < -0.3 is 4.90 Å². The molecule has 3 nitrogen and oxygen atoms in total. The monoisotopic (exact) mass is 645 g/mol. The summed E-state index contributed by atoms with van der Waals surface area (Å²) in [6.07, 6.45) is -22.9. The molecule has 42 heavy (non-hydrogen) atoms. The zero-order valence-electron chi connectivity index (χ0n) is 20.8. The number of amides is 1. The number of rotatable bonds is 8.